The van der Waals surface area contributed by atoms with Crippen LogP contribution in [0.5, 0.6) is 0 Å². The van der Waals surface area contributed by atoms with Crippen LogP contribution in [0.25, 0.3) is 0 Å². The molecule has 0 aliphatic heterocycles. The van der Waals surface area contributed by atoms with Gasteiger partial charge in [-0.25, -0.2) is 4.79 Å². The van der Waals surface area contributed by atoms with Crippen LogP contribution in [0.3, 0.4) is 0 Å². The van der Waals surface area contributed by atoms with Crippen molar-refractivity contribution in [3.05, 3.63) is 0 Å². The molecule has 0 fully saturated rings. The van der Waals surface area contributed by atoms with Crippen LogP contribution >= 0.6 is 0 Å². The summed E-state index contributed by atoms with van der Waals surface area (Å²) in [4.78, 5) is 8.24. The summed E-state index contributed by atoms with van der Waals surface area (Å²) in [6.45, 7) is 2.93. The summed E-state index contributed by atoms with van der Waals surface area (Å²) in [6.07, 6.45) is 5.82. The number of rotatable bonds is 10. The zero-order valence-corrected chi connectivity index (χ0v) is 11.7. The Morgan fingerprint density at radius 1 is 1.17 bits per heavy atom. The molecule has 0 amide bonds. The van der Waals surface area contributed by atoms with Crippen molar-refractivity contribution in [2.45, 2.75) is 57.3 Å². The first kappa shape index (κ1) is 17.3. The molecule has 0 saturated heterocycles. The molecule has 0 aliphatic carbocycles. The Labute approximate surface area is 108 Å². The molecule has 1 atom stereocenters. The van der Waals surface area contributed by atoms with Crippen LogP contribution in [-0.4, -0.2) is 35.6 Å². The maximum Gasteiger partial charge on any atom is 0.354 e. The molecular weight excluding hydrogens is 260 g/mol. The maximum absolute atomic E-state index is 10.9. The molecule has 0 radical (unpaired) electrons. The van der Waals surface area contributed by atoms with Crippen LogP contribution < -0.4 is 0 Å². The van der Waals surface area contributed by atoms with E-state index < -0.39 is 21.0 Å². The minimum Gasteiger partial charge on any atom is -0.478 e. The molecule has 1 unspecified atom stereocenters. The Morgan fingerprint density at radius 2 is 1.67 bits per heavy atom. The molecule has 0 spiro atoms. The largest absolute Gasteiger partial charge is 0.478 e. The van der Waals surface area contributed by atoms with Gasteiger partial charge in [-0.15, -0.1) is 0 Å². The van der Waals surface area contributed by atoms with Crippen molar-refractivity contribution in [1.82, 2.24) is 0 Å². The van der Waals surface area contributed by atoms with Gasteiger partial charge in [0.15, 0.2) is 0 Å². The maximum atomic E-state index is 10.9. The summed E-state index contributed by atoms with van der Waals surface area (Å²) in [6, 6.07) is 0. The number of carbonyl (C=O) groups is 1. The predicted molar refractivity (Wildman–Crippen MR) is 66.9 cm³/mol. The molecular formula is C11H22O6S. The number of ether oxygens (including phenoxy) is 1. The zero-order chi connectivity index (χ0) is 14.2. The number of unbranched alkanes of at least 4 members (excludes halogenated alkanes) is 5. The molecule has 0 aromatic rings. The number of carboxylic acids is 1. The van der Waals surface area contributed by atoms with Gasteiger partial charge in [-0.2, -0.15) is 8.42 Å². The minimum absolute atomic E-state index is 0.00524. The fourth-order valence-electron chi connectivity index (χ4n) is 1.40. The third-order valence-corrected chi connectivity index (χ3v) is 4.03. The second-order valence-electron chi connectivity index (χ2n) is 4.34. The number of carboxylic acid groups (broad SMARTS) is 1. The summed E-state index contributed by atoms with van der Waals surface area (Å²) in [5, 5.41) is 8.78. The fraction of sp³-hybridized carbons (Fsp3) is 0.909. The molecule has 0 heterocycles. The van der Waals surface area contributed by atoms with E-state index in [0.29, 0.717) is 6.42 Å². The van der Waals surface area contributed by atoms with Crippen molar-refractivity contribution in [2.75, 3.05) is 6.61 Å². The second-order valence-corrected chi connectivity index (χ2v) is 6.07. The average molecular weight is 282 g/mol. The lowest BCUT2D eigenvalue weighted by molar-refractivity contribution is -0.153. The van der Waals surface area contributed by atoms with Gasteiger partial charge in [0.05, 0.1) is 0 Å². The first-order valence-electron chi connectivity index (χ1n) is 6.10. The molecule has 108 valence electrons. The monoisotopic (exact) mass is 282 g/mol. The van der Waals surface area contributed by atoms with Gasteiger partial charge in [0.25, 0.3) is 4.93 Å². The van der Waals surface area contributed by atoms with Crippen molar-refractivity contribution in [1.29, 1.82) is 0 Å². The van der Waals surface area contributed by atoms with Gasteiger partial charge in [-0.1, -0.05) is 39.0 Å². The van der Waals surface area contributed by atoms with Crippen LogP contribution in [0.15, 0.2) is 0 Å². The third kappa shape index (κ3) is 5.32. The lowest BCUT2D eigenvalue weighted by Gasteiger charge is -2.21. The fourth-order valence-corrected chi connectivity index (χ4v) is 1.85. The zero-order valence-electron chi connectivity index (χ0n) is 10.9. The molecule has 0 bridgehead atoms. The Morgan fingerprint density at radius 3 is 2.11 bits per heavy atom. The third-order valence-electron chi connectivity index (χ3n) is 2.76. The highest BCUT2D eigenvalue weighted by Crippen LogP contribution is 2.19. The lowest BCUT2D eigenvalue weighted by Crippen LogP contribution is -2.46. The van der Waals surface area contributed by atoms with Crippen molar-refractivity contribution in [2.24, 2.45) is 0 Å². The molecule has 0 rings (SSSR count). The van der Waals surface area contributed by atoms with E-state index in [2.05, 4.69) is 6.92 Å². The van der Waals surface area contributed by atoms with Gasteiger partial charge >= 0.3 is 16.1 Å². The number of hydrogen-bond acceptors (Lipinski definition) is 4. The van der Waals surface area contributed by atoms with E-state index in [1.54, 1.807) is 0 Å². The molecule has 0 aromatic carbocycles. The first-order chi connectivity index (χ1) is 8.25. The Hall–Kier alpha value is -0.660. The van der Waals surface area contributed by atoms with Crippen molar-refractivity contribution >= 4 is 16.1 Å². The summed E-state index contributed by atoms with van der Waals surface area (Å²) in [7, 11) is -4.79. The minimum atomic E-state index is -4.79. The quantitative estimate of drug-likeness (QED) is 0.470. The molecule has 2 N–H and O–H groups in total. The van der Waals surface area contributed by atoms with Crippen LogP contribution in [0, 0.1) is 0 Å². The van der Waals surface area contributed by atoms with Crippen LogP contribution in [0.2, 0.25) is 0 Å². The van der Waals surface area contributed by atoms with E-state index in [1.165, 1.54) is 0 Å². The predicted octanol–water partition coefficient (Wildman–Crippen LogP) is 2.05. The van der Waals surface area contributed by atoms with Crippen LogP contribution in [0.4, 0.5) is 0 Å². The Balaban J connectivity index is 4.06. The standard InChI is InChI=1S/C11H22O6S/c1-3-4-5-6-7-8-9-17-11(2,10(12)13)18(14,15)16/h3-9H2,1-2H3,(H,12,13)(H,14,15,16). The van der Waals surface area contributed by atoms with E-state index in [-0.39, 0.29) is 6.61 Å². The summed E-state index contributed by atoms with van der Waals surface area (Å²) < 4.78 is 35.6. The summed E-state index contributed by atoms with van der Waals surface area (Å²) in [5.74, 6) is -1.71. The van der Waals surface area contributed by atoms with Gasteiger partial charge in [0.2, 0.25) is 0 Å². The van der Waals surface area contributed by atoms with E-state index in [9.17, 15) is 13.2 Å². The highest BCUT2D eigenvalue weighted by molar-refractivity contribution is 7.87. The van der Waals surface area contributed by atoms with Gasteiger partial charge in [0, 0.05) is 6.61 Å². The molecule has 6 nitrogen and oxygen atoms in total. The molecule has 7 heteroatoms. The normalized spacial score (nSPS) is 15.3. The van der Waals surface area contributed by atoms with Gasteiger partial charge in [-0.05, 0) is 13.3 Å². The van der Waals surface area contributed by atoms with Gasteiger partial charge in [0.1, 0.15) is 0 Å². The highest BCUT2D eigenvalue weighted by Gasteiger charge is 2.47. The van der Waals surface area contributed by atoms with Crippen molar-refractivity contribution < 1.29 is 27.6 Å². The molecule has 0 saturated carbocycles. The number of hydrogen-bond donors (Lipinski definition) is 2. The highest BCUT2D eigenvalue weighted by atomic mass is 32.2. The summed E-state index contributed by atoms with van der Waals surface area (Å²) in [5.41, 5.74) is 0. The second kappa shape index (κ2) is 7.70. The number of aliphatic carboxylic acids is 1. The Bertz CT molecular complexity index is 351. The Kier molecular flexibility index (Phi) is 7.42. The van der Waals surface area contributed by atoms with Crippen molar-refractivity contribution in [3.63, 3.8) is 0 Å². The van der Waals surface area contributed by atoms with Crippen LogP contribution in [0.1, 0.15) is 52.4 Å². The van der Waals surface area contributed by atoms with Crippen LogP contribution in [-0.2, 0) is 19.6 Å². The first-order valence-corrected chi connectivity index (χ1v) is 7.54. The van der Waals surface area contributed by atoms with Gasteiger partial charge < -0.3 is 9.84 Å². The molecule has 18 heavy (non-hydrogen) atoms. The van der Waals surface area contributed by atoms with Gasteiger partial charge in [-0.3, -0.25) is 4.55 Å². The SMILES string of the molecule is CCCCCCCCOC(C)(C(=O)O)S(=O)(=O)O. The molecule has 0 aliphatic rings. The molecule has 0 aromatic heterocycles. The lowest BCUT2D eigenvalue weighted by atomic mass is 10.1. The van der Waals surface area contributed by atoms with E-state index >= 15 is 0 Å². The summed E-state index contributed by atoms with van der Waals surface area (Å²) >= 11 is 0. The average Bonchev–Trinajstić information content (AvgIpc) is 2.25. The smallest absolute Gasteiger partial charge is 0.354 e. The van der Waals surface area contributed by atoms with Crippen molar-refractivity contribution in [3.8, 4) is 0 Å². The van der Waals surface area contributed by atoms with E-state index in [4.69, 9.17) is 14.4 Å². The van der Waals surface area contributed by atoms with E-state index in [0.717, 1.165) is 39.0 Å². The topological polar surface area (TPSA) is 101 Å². The van der Waals surface area contributed by atoms with E-state index in [1.807, 2.05) is 0 Å².